The van der Waals surface area contributed by atoms with Crippen molar-refractivity contribution in [2.45, 2.75) is 33.6 Å². The fraction of sp³-hybridized carbons (Fsp3) is 0.312. The second-order valence-corrected chi connectivity index (χ2v) is 5.64. The minimum Gasteiger partial charge on any atom is -0.293 e. The van der Waals surface area contributed by atoms with Crippen molar-refractivity contribution in [3.63, 3.8) is 0 Å². The van der Waals surface area contributed by atoms with Crippen LogP contribution >= 0.6 is 11.3 Å². The third kappa shape index (κ3) is 2.88. The number of carbonyl (C=O) groups is 1. The van der Waals surface area contributed by atoms with Crippen molar-refractivity contribution >= 4 is 17.1 Å². The van der Waals surface area contributed by atoms with Crippen LogP contribution in [0.4, 0.5) is 0 Å². The van der Waals surface area contributed by atoms with Crippen LogP contribution in [-0.2, 0) is 12.8 Å². The zero-order valence-electron chi connectivity index (χ0n) is 11.1. The topological polar surface area (TPSA) is 17.1 Å². The molecule has 1 aromatic carbocycles. The van der Waals surface area contributed by atoms with E-state index in [1.165, 1.54) is 16.7 Å². The van der Waals surface area contributed by atoms with E-state index in [0.717, 1.165) is 16.9 Å². The molecule has 2 heteroatoms. The number of benzene rings is 1. The summed E-state index contributed by atoms with van der Waals surface area (Å²) < 4.78 is 0. The van der Waals surface area contributed by atoms with Gasteiger partial charge in [0.1, 0.15) is 0 Å². The number of rotatable bonds is 4. The number of aryl methyl sites for hydroxylation is 3. The Labute approximate surface area is 112 Å². The number of hydrogen-bond donors (Lipinski definition) is 0. The Morgan fingerprint density at radius 3 is 2.44 bits per heavy atom. The third-order valence-corrected chi connectivity index (χ3v) is 4.02. The van der Waals surface area contributed by atoms with E-state index in [9.17, 15) is 4.79 Å². The number of carbonyl (C=O) groups excluding carboxylic acids is 1. The molecule has 1 aromatic heterocycles. The second-order valence-electron chi connectivity index (χ2n) is 4.72. The van der Waals surface area contributed by atoms with E-state index >= 15 is 0 Å². The van der Waals surface area contributed by atoms with Crippen LogP contribution < -0.4 is 0 Å². The van der Waals surface area contributed by atoms with Crippen molar-refractivity contribution < 1.29 is 4.79 Å². The first-order valence-corrected chi connectivity index (χ1v) is 7.15. The van der Waals surface area contributed by atoms with E-state index < -0.39 is 0 Å². The van der Waals surface area contributed by atoms with Crippen LogP contribution in [-0.4, -0.2) is 5.78 Å². The molecule has 0 amide bonds. The van der Waals surface area contributed by atoms with Crippen molar-refractivity contribution in [2.24, 2.45) is 0 Å². The molecule has 94 valence electrons. The quantitative estimate of drug-likeness (QED) is 0.745. The summed E-state index contributed by atoms with van der Waals surface area (Å²) in [6.07, 6.45) is 1.44. The van der Waals surface area contributed by atoms with Gasteiger partial charge in [0, 0.05) is 6.42 Å². The van der Waals surface area contributed by atoms with Crippen LogP contribution in [0.5, 0.6) is 0 Å². The van der Waals surface area contributed by atoms with Gasteiger partial charge in [0.2, 0.25) is 0 Å². The highest BCUT2D eigenvalue weighted by molar-refractivity contribution is 7.12. The Kier molecular flexibility index (Phi) is 3.97. The van der Waals surface area contributed by atoms with Gasteiger partial charge >= 0.3 is 0 Å². The molecule has 0 N–H and O–H groups in total. The number of Topliss-reactive ketones (excluding diaryl/α,β-unsaturated/α-hetero) is 1. The molecule has 0 saturated carbocycles. The Morgan fingerprint density at radius 1 is 1.17 bits per heavy atom. The first kappa shape index (κ1) is 13.0. The van der Waals surface area contributed by atoms with E-state index in [2.05, 4.69) is 45.0 Å². The van der Waals surface area contributed by atoms with E-state index in [1.54, 1.807) is 11.3 Å². The van der Waals surface area contributed by atoms with Crippen molar-refractivity contribution in [1.29, 1.82) is 0 Å². The minimum atomic E-state index is 0.242. The predicted molar refractivity (Wildman–Crippen MR) is 77.6 cm³/mol. The summed E-state index contributed by atoms with van der Waals surface area (Å²) in [7, 11) is 0. The van der Waals surface area contributed by atoms with Gasteiger partial charge in [-0.15, -0.1) is 11.3 Å². The molecule has 0 aliphatic heterocycles. The van der Waals surface area contributed by atoms with Gasteiger partial charge in [-0.05, 0) is 42.8 Å². The molecular weight excluding hydrogens is 240 g/mol. The molecule has 0 unspecified atom stereocenters. The number of hydrogen-bond acceptors (Lipinski definition) is 2. The third-order valence-electron chi connectivity index (χ3n) is 3.03. The normalized spacial score (nSPS) is 10.6. The lowest BCUT2D eigenvalue weighted by Crippen LogP contribution is -2.04. The Morgan fingerprint density at radius 2 is 1.83 bits per heavy atom. The smallest absolute Gasteiger partial charge is 0.177 e. The molecule has 0 bridgehead atoms. The van der Waals surface area contributed by atoms with Gasteiger partial charge in [0.05, 0.1) is 4.88 Å². The molecule has 1 nitrogen and oxygen atoms in total. The molecule has 0 aliphatic rings. The summed E-state index contributed by atoms with van der Waals surface area (Å²) in [5.41, 5.74) is 4.74. The summed E-state index contributed by atoms with van der Waals surface area (Å²) >= 11 is 1.56. The zero-order chi connectivity index (χ0) is 13.1. The summed E-state index contributed by atoms with van der Waals surface area (Å²) in [6, 6.07) is 8.39. The van der Waals surface area contributed by atoms with E-state index in [0.29, 0.717) is 6.42 Å². The van der Waals surface area contributed by atoms with Crippen LogP contribution in [0.3, 0.4) is 0 Å². The molecule has 2 aromatic rings. The molecule has 0 aliphatic carbocycles. The maximum Gasteiger partial charge on any atom is 0.177 e. The van der Waals surface area contributed by atoms with Crippen LogP contribution in [0, 0.1) is 13.8 Å². The fourth-order valence-electron chi connectivity index (χ4n) is 2.30. The lowest BCUT2D eigenvalue weighted by molar-refractivity contribution is 0.0996. The molecule has 2 rings (SSSR count). The van der Waals surface area contributed by atoms with Gasteiger partial charge in [0.15, 0.2) is 5.78 Å². The summed E-state index contributed by atoms with van der Waals surface area (Å²) in [5.74, 6) is 0.242. The zero-order valence-corrected chi connectivity index (χ0v) is 11.9. The molecular formula is C16H18OS. The predicted octanol–water partition coefficient (Wildman–Crippen LogP) is 4.35. The molecule has 0 saturated heterocycles. The number of thiophene rings is 1. The average molecular weight is 258 g/mol. The highest BCUT2D eigenvalue weighted by atomic mass is 32.1. The lowest BCUT2D eigenvalue weighted by Gasteiger charge is -2.05. The first-order chi connectivity index (χ1) is 8.60. The summed E-state index contributed by atoms with van der Waals surface area (Å²) in [4.78, 5) is 13.2. The molecule has 0 spiro atoms. The van der Waals surface area contributed by atoms with Crippen molar-refractivity contribution in [2.75, 3.05) is 0 Å². The molecule has 0 radical (unpaired) electrons. The van der Waals surface area contributed by atoms with Crippen LogP contribution in [0.15, 0.2) is 29.6 Å². The van der Waals surface area contributed by atoms with Gasteiger partial charge in [-0.2, -0.15) is 0 Å². The lowest BCUT2D eigenvalue weighted by atomic mass is 10.0. The van der Waals surface area contributed by atoms with Crippen LogP contribution in [0.1, 0.15) is 38.8 Å². The first-order valence-electron chi connectivity index (χ1n) is 6.27. The molecule has 0 fully saturated rings. The molecule has 18 heavy (non-hydrogen) atoms. The molecule has 1 heterocycles. The summed E-state index contributed by atoms with van der Waals surface area (Å²) in [6.45, 7) is 6.24. The van der Waals surface area contributed by atoms with E-state index in [4.69, 9.17) is 0 Å². The standard InChI is InChI=1S/C16H18OS/c1-4-14-5-6-18-16(14)15(17)10-13-8-11(2)7-12(3)9-13/h5-9H,4,10H2,1-3H3. The minimum absolute atomic E-state index is 0.242. The van der Waals surface area contributed by atoms with Gasteiger partial charge in [-0.1, -0.05) is 36.2 Å². The van der Waals surface area contributed by atoms with Crippen LogP contribution in [0.2, 0.25) is 0 Å². The Bertz CT molecular complexity index is 546. The Hall–Kier alpha value is -1.41. The van der Waals surface area contributed by atoms with Gasteiger partial charge in [-0.25, -0.2) is 0 Å². The fourth-order valence-corrected chi connectivity index (χ4v) is 3.23. The van der Waals surface area contributed by atoms with Gasteiger partial charge in [-0.3, -0.25) is 4.79 Å². The van der Waals surface area contributed by atoms with E-state index in [1.807, 2.05) is 5.38 Å². The molecule has 0 atom stereocenters. The van der Waals surface area contributed by atoms with Crippen LogP contribution in [0.25, 0.3) is 0 Å². The maximum absolute atomic E-state index is 12.3. The Balaban J connectivity index is 2.21. The highest BCUT2D eigenvalue weighted by Gasteiger charge is 2.12. The van der Waals surface area contributed by atoms with Gasteiger partial charge < -0.3 is 0 Å². The summed E-state index contributed by atoms with van der Waals surface area (Å²) in [5, 5.41) is 2.01. The largest absolute Gasteiger partial charge is 0.293 e. The van der Waals surface area contributed by atoms with Crippen molar-refractivity contribution in [3.05, 3.63) is 56.8 Å². The average Bonchev–Trinajstić information content (AvgIpc) is 2.75. The monoisotopic (exact) mass is 258 g/mol. The van der Waals surface area contributed by atoms with E-state index in [-0.39, 0.29) is 5.78 Å². The SMILES string of the molecule is CCc1ccsc1C(=O)Cc1cc(C)cc(C)c1. The maximum atomic E-state index is 12.3. The highest BCUT2D eigenvalue weighted by Crippen LogP contribution is 2.20. The number of ketones is 1. The van der Waals surface area contributed by atoms with Crippen molar-refractivity contribution in [3.8, 4) is 0 Å². The van der Waals surface area contributed by atoms with Crippen molar-refractivity contribution in [1.82, 2.24) is 0 Å². The second kappa shape index (κ2) is 5.49. The van der Waals surface area contributed by atoms with Gasteiger partial charge in [0.25, 0.3) is 0 Å².